The van der Waals surface area contributed by atoms with Gasteiger partial charge in [-0.2, -0.15) is 4.98 Å². The zero-order valence-corrected chi connectivity index (χ0v) is 22.0. The second-order valence-corrected chi connectivity index (χ2v) is 11.3. The van der Waals surface area contributed by atoms with Crippen LogP contribution in [0.25, 0.3) is 0 Å². The maximum atomic E-state index is 12.8. The third-order valence-corrected chi connectivity index (χ3v) is 8.98. The summed E-state index contributed by atoms with van der Waals surface area (Å²) in [6.45, 7) is 4.70. The van der Waals surface area contributed by atoms with Crippen LogP contribution in [0.5, 0.6) is 0 Å². The molecule has 3 saturated heterocycles. The molecule has 0 spiro atoms. The van der Waals surface area contributed by atoms with Crippen LogP contribution < -0.4 is 5.69 Å². The molecule has 6 atom stereocenters. The molecule has 0 bridgehead atoms. The number of nitrogens with zero attached hydrogens (tertiary/aromatic N) is 5. The number of aliphatic imine (C=N–C) groups is 1. The summed E-state index contributed by atoms with van der Waals surface area (Å²) in [5.41, 5.74) is 0.980. The molecule has 1 aromatic carbocycles. The Balaban J connectivity index is 1.34. The molecule has 0 saturated carbocycles. The molecule has 3 aliphatic rings. The Morgan fingerprint density at radius 2 is 2.14 bits per heavy atom. The Bertz CT molecular complexity index is 1160. The molecule has 1 aromatic heterocycles. The summed E-state index contributed by atoms with van der Waals surface area (Å²) in [5.74, 6) is 0.373. The van der Waals surface area contributed by atoms with Crippen LogP contribution in [0.1, 0.15) is 43.5 Å². The van der Waals surface area contributed by atoms with E-state index >= 15 is 0 Å². The number of aliphatic hydroxyl groups excluding tert-OH is 1. The Labute approximate surface area is 212 Å². The van der Waals surface area contributed by atoms with Crippen molar-refractivity contribution in [3.05, 3.63) is 58.1 Å². The van der Waals surface area contributed by atoms with E-state index in [9.17, 15) is 9.90 Å². The van der Waals surface area contributed by atoms with Crippen molar-refractivity contribution in [2.45, 2.75) is 63.2 Å². The van der Waals surface area contributed by atoms with Crippen molar-refractivity contribution in [2.75, 3.05) is 27.2 Å². The zero-order valence-electron chi connectivity index (χ0n) is 21.1. The van der Waals surface area contributed by atoms with E-state index in [1.54, 1.807) is 17.4 Å². The van der Waals surface area contributed by atoms with E-state index in [0.29, 0.717) is 12.2 Å². The van der Waals surface area contributed by atoms with Gasteiger partial charge in [0, 0.05) is 38.8 Å². The number of aryl methyl sites for hydroxylation is 1. The van der Waals surface area contributed by atoms with Gasteiger partial charge in [-0.1, -0.05) is 30.3 Å². The average molecular weight is 516 g/mol. The summed E-state index contributed by atoms with van der Waals surface area (Å²) >= 11 is 0. The summed E-state index contributed by atoms with van der Waals surface area (Å²) < 4.78 is 23.0. The van der Waals surface area contributed by atoms with Crippen LogP contribution in [-0.2, 0) is 19.4 Å². The second-order valence-electron chi connectivity index (χ2n) is 9.96. The molecule has 194 valence electrons. The van der Waals surface area contributed by atoms with Crippen LogP contribution in [0.15, 0.2) is 46.3 Å². The van der Waals surface area contributed by atoms with Crippen molar-refractivity contribution in [1.29, 1.82) is 0 Å². The highest BCUT2D eigenvalue weighted by Gasteiger charge is 2.56. The minimum atomic E-state index is -1.34. The lowest BCUT2D eigenvalue weighted by Crippen LogP contribution is -2.36. The van der Waals surface area contributed by atoms with E-state index in [1.165, 1.54) is 4.57 Å². The molecule has 0 amide bonds. The predicted molar refractivity (Wildman–Crippen MR) is 137 cm³/mol. The molecule has 2 aromatic rings. The molecule has 3 aliphatic heterocycles. The number of ether oxygens (including phenoxy) is 1. The monoisotopic (exact) mass is 515 g/mol. The zero-order chi connectivity index (χ0) is 25.4. The van der Waals surface area contributed by atoms with E-state index in [-0.39, 0.29) is 12.6 Å². The van der Waals surface area contributed by atoms with Crippen molar-refractivity contribution in [3.63, 3.8) is 0 Å². The molecule has 4 heterocycles. The maximum absolute atomic E-state index is 12.8. The quantitative estimate of drug-likeness (QED) is 0.341. The molecule has 1 N–H and O–H groups in total. The molecular weight excluding hydrogens is 481 g/mol. The first-order valence-electron chi connectivity index (χ1n) is 12.3. The van der Waals surface area contributed by atoms with E-state index < -0.39 is 38.3 Å². The van der Waals surface area contributed by atoms with Gasteiger partial charge in [0.05, 0.1) is 25.1 Å². The van der Waals surface area contributed by atoms with Crippen LogP contribution in [0.4, 0.5) is 5.82 Å². The van der Waals surface area contributed by atoms with E-state index in [0.717, 1.165) is 30.5 Å². The molecule has 11 heteroatoms. The van der Waals surface area contributed by atoms with Crippen LogP contribution in [0, 0.1) is 6.92 Å². The van der Waals surface area contributed by atoms with Crippen molar-refractivity contribution >= 4 is 20.7 Å². The van der Waals surface area contributed by atoms with Crippen LogP contribution in [-0.4, -0.2) is 76.1 Å². The van der Waals surface area contributed by atoms with Gasteiger partial charge in [-0.05, 0) is 32.3 Å². The van der Waals surface area contributed by atoms with Gasteiger partial charge in [-0.3, -0.25) is 4.57 Å². The molecule has 0 unspecified atom stereocenters. The lowest BCUT2D eigenvalue weighted by molar-refractivity contribution is -0.0435. The lowest BCUT2D eigenvalue weighted by Gasteiger charge is -2.29. The van der Waals surface area contributed by atoms with Gasteiger partial charge in [0.15, 0.2) is 5.82 Å². The topological polar surface area (TPSA) is 102 Å². The van der Waals surface area contributed by atoms with Gasteiger partial charge in [0.25, 0.3) is 8.53 Å². The van der Waals surface area contributed by atoms with Crippen LogP contribution in [0.2, 0.25) is 0 Å². The smallest absolute Gasteiger partial charge is 0.351 e. The standard InChI is InChI=1S/C25H34N5O5P/c1-17-14-29(24(32)27-23(17)26-16-28(3)4)22-13-19(20(15-31)33-22)34-36-30-12-8-11-21(30)25(2,35-36)18-9-6-5-7-10-18/h5-7,9-10,14,16,19-22,31H,8,11-13,15H2,1-4H3/t19-,20-,21+,22-,25-,36+/m1/s1. The minimum Gasteiger partial charge on any atom is -0.394 e. The first-order valence-corrected chi connectivity index (χ1v) is 13.5. The van der Waals surface area contributed by atoms with Gasteiger partial charge in [-0.25, -0.2) is 14.5 Å². The fourth-order valence-electron chi connectivity index (χ4n) is 5.21. The summed E-state index contributed by atoms with van der Waals surface area (Å²) in [6, 6.07) is 10.5. The Morgan fingerprint density at radius 3 is 2.86 bits per heavy atom. The van der Waals surface area contributed by atoms with Gasteiger partial charge in [0.1, 0.15) is 17.9 Å². The normalized spacial score (nSPS) is 32.4. The Hall–Kier alpha value is -2.20. The molecule has 5 rings (SSSR count). The van der Waals surface area contributed by atoms with Crippen molar-refractivity contribution in [1.82, 2.24) is 19.1 Å². The van der Waals surface area contributed by atoms with Crippen molar-refractivity contribution in [2.24, 2.45) is 4.99 Å². The largest absolute Gasteiger partial charge is 0.394 e. The van der Waals surface area contributed by atoms with E-state index in [4.69, 9.17) is 13.8 Å². The summed E-state index contributed by atoms with van der Waals surface area (Å²) in [5, 5.41) is 10.1. The number of aliphatic hydroxyl groups is 1. The van der Waals surface area contributed by atoms with Gasteiger partial charge in [-0.15, -0.1) is 0 Å². The lowest BCUT2D eigenvalue weighted by atomic mass is 9.87. The van der Waals surface area contributed by atoms with Gasteiger partial charge >= 0.3 is 5.69 Å². The third kappa shape index (κ3) is 4.74. The van der Waals surface area contributed by atoms with E-state index in [2.05, 4.69) is 33.7 Å². The molecule has 0 aliphatic carbocycles. The number of aromatic nitrogens is 2. The first kappa shape index (κ1) is 25.4. The number of fused-ring (bicyclic) bond motifs is 1. The molecular formula is C25H34N5O5P. The fraction of sp³-hybridized carbons (Fsp3) is 0.560. The van der Waals surface area contributed by atoms with Gasteiger partial charge < -0.3 is 23.8 Å². The molecule has 36 heavy (non-hydrogen) atoms. The molecule has 10 nitrogen and oxygen atoms in total. The van der Waals surface area contributed by atoms with E-state index in [1.807, 2.05) is 39.2 Å². The first-order chi connectivity index (χ1) is 17.3. The Kier molecular flexibility index (Phi) is 7.27. The number of rotatable bonds is 7. The summed E-state index contributed by atoms with van der Waals surface area (Å²) in [4.78, 5) is 23.0. The van der Waals surface area contributed by atoms with Gasteiger partial charge in [0.2, 0.25) is 0 Å². The minimum absolute atomic E-state index is 0.212. The second kappa shape index (κ2) is 10.3. The summed E-state index contributed by atoms with van der Waals surface area (Å²) in [7, 11) is 2.36. The third-order valence-electron chi connectivity index (χ3n) is 7.10. The number of hydrogen-bond acceptors (Lipinski definition) is 8. The predicted octanol–water partition coefficient (Wildman–Crippen LogP) is 3.08. The summed E-state index contributed by atoms with van der Waals surface area (Å²) in [6.07, 6.45) is 4.29. The fourth-order valence-corrected chi connectivity index (χ4v) is 7.35. The number of benzene rings is 1. The SMILES string of the molecule is Cc1cn([C@H]2C[C@@H](O[P@@]3O[C@](C)(c4ccccc4)[C@@H]4CCCN43)[C@@H](CO)O2)c(=O)nc1N=CN(C)C. The molecule has 0 radical (unpaired) electrons. The van der Waals surface area contributed by atoms with Crippen molar-refractivity contribution < 1.29 is 18.9 Å². The molecule has 3 fully saturated rings. The van der Waals surface area contributed by atoms with Crippen LogP contribution in [0.3, 0.4) is 0 Å². The number of hydrogen-bond donors (Lipinski definition) is 1. The Morgan fingerprint density at radius 1 is 1.36 bits per heavy atom. The maximum Gasteiger partial charge on any atom is 0.351 e. The van der Waals surface area contributed by atoms with Crippen LogP contribution >= 0.6 is 8.53 Å². The average Bonchev–Trinajstić information content (AvgIpc) is 3.57. The highest BCUT2D eigenvalue weighted by atomic mass is 31.2. The highest BCUT2D eigenvalue weighted by Crippen LogP contribution is 2.63. The highest BCUT2D eigenvalue weighted by molar-refractivity contribution is 7.45. The van der Waals surface area contributed by atoms with Crippen molar-refractivity contribution in [3.8, 4) is 0 Å².